The molecule has 0 spiro atoms. The molecule has 152 valence electrons. The van der Waals surface area contributed by atoms with E-state index in [9.17, 15) is 9.90 Å². The number of nitrogens with zero attached hydrogens (tertiary/aromatic N) is 2. The third-order valence-electron chi connectivity index (χ3n) is 4.93. The number of urea groups is 1. The first-order chi connectivity index (χ1) is 14.6. The number of hydrogen-bond acceptors (Lipinski definition) is 6. The fourth-order valence-corrected chi connectivity index (χ4v) is 4.44. The van der Waals surface area contributed by atoms with Gasteiger partial charge in [0.05, 0.1) is 29.9 Å². The summed E-state index contributed by atoms with van der Waals surface area (Å²) in [7, 11) is 1.48. The average molecular weight is 422 g/mol. The predicted octanol–water partition coefficient (Wildman–Crippen LogP) is 4.78. The molecule has 0 saturated heterocycles. The summed E-state index contributed by atoms with van der Waals surface area (Å²) in [6.07, 6.45) is 0. The minimum absolute atomic E-state index is 0.0216. The normalized spacial score (nSPS) is 14.6. The summed E-state index contributed by atoms with van der Waals surface area (Å²) in [6.45, 7) is 0.579. The molecule has 0 aromatic heterocycles. The number of carbonyl (C=O) groups excluding carboxylic acids is 1. The zero-order valence-corrected chi connectivity index (χ0v) is 16.9. The summed E-state index contributed by atoms with van der Waals surface area (Å²) in [5, 5.41) is 9.91. The number of anilines is 2. The van der Waals surface area contributed by atoms with Crippen molar-refractivity contribution in [2.75, 3.05) is 23.1 Å². The molecule has 2 heterocycles. The smallest absolute Gasteiger partial charge is 0.339 e. The van der Waals surface area contributed by atoms with Gasteiger partial charge in [-0.2, -0.15) is 0 Å². The predicted molar refractivity (Wildman–Crippen MR) is 114 cm³/mol. The molecule has 7 nitrogen and oxygen atoms in total. The van der Waals surface area contributed by atoms with Crippen LogP contribution in [0, 0.1) is 0 Å². The van der Waals surface area contributed by atoms with Crippen LogP contribution in [0.15, 0.2) is 65.6 Å². The first-order valence-electron chi connectivity index (χ1n) is 9.28. The van der Waals surface area contributed by atoms with Crippen LogP contribution in [-0.2, 0) is 6.54 Å². The molecule has 30 heavy (non-hydrogen) atoms. The van der Waals surface area contributed by atoms with E-state index >= 15 is 0 Å². The number of para-hydroxylation sites is 1. The lowest BCUT2D eigenvalue weighted by Crippen LogP contribution is -2.42. The number of phenols is 1. The van der Waals surface area contributed by atoms with Crippen molar-refractivity contribution >= 4 is 29.4 Å². The van der Waals surface area contributed by atoms with Crippen LogP contribution in [0.25, 0.3) is 0 Å². The molecule has 8 heteroatoms. The Morgan fingerprint density at radius 2 is 1.90 bits per heavy atom. The number of phenolic OH excluding ortho intramolecular Hbond substituents is 1. The number of carbonyl (C=O) groups is 1. The molecule has 0 radical (unpaired) electrons. The van der Waals surface area contributed by atoms with Gasteiger partial charge in [-0.15, -0.1) is 0 Å². The Morgan fingerprint density at radius 1 is 1.07 bits per heavy atom. The van der Waals surface area contributed by atoms with Gasteiger partial charge >= 0.3 is 6.03 Å². The van der Waals surface area contributed by atoms with E-state index < -0.39 is 0 Å². The topological polar surface area (TPSA) is 71.5 Å². The molecule has 0 bridgehead atoms. The minimum Gasteiger partial charge on any atom is -0.504 e. The van der Waals surface area contributed by atoms with Crippen LogP contribution in [0.2, 0.25) is 0 Å². The van der Waals surface area contributed by atoms with Crippen molar-refractivity contribution in [2.45, 2.75) is 11.4 Å². The van der Waals surface area contributed by atoms with Crippen molar-refractivity contribution in [3.8, 4) is 23.0 Å². The number of aromatic hydroxyl groups is 1. The molecule has 2 aliphatic heterocycles. The van der Waals surface area contributed by atoms with E-state index in [4.69, 9.17) is 14.2 Å². The van der Waals surface area contributed by atoms with Crippen molar-refractivity contribution in [1.82, 2.24) is 0 Å². The summed E-state index contributed by atoms with van der Waals surface area (Å²) in [4.78, 5) is 16.2. The van der Waals surface area contributed by atoms with Crippen LogP contribution in [0.5, 0.6) is 23.0 Å². The van der Waals surface area contributed by atoms with E-state index in [1.54, 1.807) is 21.3 Å². The lowest BCUT2D eigenvalue weighted by atomic mass is 10.1. The van der Waals surface area contributed by atoms with Crippen LogP contribution in [0.1, 0.15) is 5.56 Å². The van der Waals surface area contributed by atoms with E-state index in [-0.39, 0.29) is 18.6 Å². The Morgan fingerprint density at radius 3 is 2.77 bits per heavy atom. The maximum absolute atomic E-state index is 13.5. The molecule has 2 aliphatic rings. The van der Waals surface area contributed by atoms with E-state index in [0.29, 0.717) is 29.5 Å². The van der Waals surface area contributed by atoms with Gasteiger partial charge in [-0.1, -0.05) is 18.2 Å². The second-order valence-electron chi connectivity index (χ2n) is 6.77. The summed E-state index contributed by atoms with van der Waals surface area (Å²) >= 11 is 1.34. The highest BCUT2D eigenvalue weighted by atomic mass is 32.2. The van der Waals surface area contributed by atoms with E-state index in [1.807, 2.05) is 42.5 Å². The lowest BCUT2D eigenvalue weighted by Gasteiger charge is -2.36. The van der Waals surface area contributed by atoms with Gasteiger partial charge in [0.25, 0.3) is 0 Å². The second kappa shape index (κ2) is 7.38. The molecule has 0 aliphatic carbocycles. The number of rotatable bonds is 4. The number of fused-ring (bicyclic) bond motifs is 2. The van der Waals surface area contributed by atoms with Gasteiger partial charge in [-0.25, -0.2) is 9.10 Å². The Hall–Kier alpha value is -3.52. The van der Waals surface area contributed by atoms with Crippen molar-refractivity contribution in [1.29, 1.82) is 0 Å². The van der Waals surface area contributed by atoms with Crippen molar-refractivity contribution < 1.29 is 24.1 Å². The Bertz CT molecular complexity index is 1140. The van der Waals surface area contributed by atoms with Crippen LogP contribution >= 0.6 is 11.9 Å². The van der Waals surface area contributed by atoms with Crippen LogP contribution in [0.3, 0.4) is 0 Å². The molecule has 5 rings (SSSR count). The first kappa shape index (κ1) is 18.5. The maximum Gasteiger partial charge on any atom is 0.339 e. The number of hydrogen-bond donors (Lipinski definition) is 1. The lowest BCUT2D eigenvalue weighted by molar-refractivity contribution is 0.174. The van der Waals surface area contributed by atoms with Crippen LogP contribution in [-0.4, -0.2) is 25.0 Å². The Labute approximate surface area is 177 Å². The third kappa shape index (κ3) is 3.15. The molecular weight excluding hydrogens is 404 g/mol. The molecule has 0 saturated carbocycles. The largest absolute Gasteiger partial charge is 0.504 e. The van der Waals surface area contributed by atoms with Gasteiger partial charge in [0.1, 0.15) is 0 Å². The number of ether oxygens (including phenoxy) is 3. The standard InChI is InChI=1S/C22H18N2O5S/c1-27-19-11-15(7-8-17(19)25)24-22(26)23(16-4-2-3-5-21(16)30-24)12-14-6-9-18-20(10-14)29-13-28-18/h2-11,25H,12-13H2,1H3. The fourth-order valence-electron chi connectivity index (χ4n) is 3.44. The van der Waals surface area contributed by atoms with Crippen molar-refractivity contribution in [3.63, 3.8) is 0 Å². The molecule has 1 N–H and O–H groups in total. The van der Waals surface area contributed by atoms with E-state index in [1.165, 1.54) is 25.1 Å². The highest BCUT2D eigenvalue weighted by Crippen LogP contribution is 2.44. The fraction of sp³-hybridized carbons (Fsp3) is 0.136. The van der Waals surface area contributed by atoms with Gasteiger partial charge in [-0.3, -0.25) is 4.90 Å². The number of methoxy groups -OCH3 is 1. The molecule has 2 amide bonds. The molecule has 0 fully saturated rings. The number of amides is 2. The monoisotopic (exact) mass is 422 g/mol. The van der Waals surface area contributed by atoms with Crippen molar-refractivity contribution in [2.24, 2.45) is 0 Å². The number of benzene rings is 3. The maximum atomic E-state index is 13.5. The van der Waals surface area contributed by atoms with Gasteiger partial charge in [0.2, 0.25) is 6.79 Å². The first-order valence-corrected chi connectivity index (χ1v) is 10.1. The summed E-state index contributed by atoms with van der Waals surface area (Å²) in [5.41, 5.74) is 2.38. The Balaban J connectivity index is 1.52. The molecule has 0 unspecified atom stereocenters. The van der Waals surface area contributed by atoms with Crippen LogP contribution in [0.4, 0.5) is 16.2 Å². The summed E-state index contributed by atoms with van der Waals surface area (Å²) < 4.78 is 17.7. The molecule has 3 aromatic rings. The highest BCUT2D eigenvalue weighted by molar-refractivity contribution is 8.01. The van der Waals surface area contributed by atoms with Gasteiger partial charge in [0.15, 0.2) is 23.0 Å². The van der Waals surface area contributed by atoms with E-state index in [2.05, 4.69) is 0 Å². The summed E-state index contributed by atoms with van der Waals surface area (Å²) in [6, 6.07) is 18.1. The highest BCUT2D eigenvalue weighted by Gasteiger charge is 2.33. The SMILES string of the molecule is COc1cc(N2Sc3ccccc3N(Cc3ccc4c(c3)OCO4)C2=O)ccc1O. The average Bonchev–Trinajstić information content (AvgIpc) is 3.24. The Kier molecular flexibility index (Phi) is 4.55. The zero-order chi connectivity index (χ0) is 20.7. The quantitative estimate of drug-likeness (QED) is 0.610. The molecular formula is C22H18N2O5S. The van der Waals surface area contributed by atoms with Gasteiger partial charge in [0, 0.05) is 6.07 Å². The minimum atomic E-state index is -0.191. The zero-order valence-electron chi connectivity index (χ0n) is 16.1. The molecule has 0 atom stereocenters. The van der Waals surface area contributed by atoms with Gasteiger partial charge < -0.3 is 19.3 Å². The second-order valence-corrected chi connectivity index (χ2v) is 7.75. The summed E-state index contributed by atoms with van der Waals surface area (Å²) in [5.74, 6) is 1.72. The van der Waals surface area contributed by atoms with Gasteiger partial charge in [-0.05, 0) is 53.9 Å². The third-order valence-corrected chi connectivity index (χ3v) is 6.02. The van der Waals surface area contributed by atoms with E-state index in [0.717, 1.165) is 16.1 Å². The van der Waals surface area contributed by atoms with Crippen LogP contribution < -0.4 is 23.4 Å². The molecule has 3 aromatic carbocycles. The van der Waals surface area contributed by atoms with Crippen molar-refractivity contribution in [3.05, 3.63) is 66.2 Å².